The lowest BCUT2D eigenvalue weighted by molar-refractivity contribution is 0.102. The highest BCUT2D eigenvalue weighted by Crippen LogP contribution is 2.25. The number of carbonyl (C=O) groups is 2. The summed E-state index contributed by atoms with van der Waals surface area (Å²) in [5.74, 6) is -0.251. The first-order chi connectivity index (χ1) is 13.7. The molecule has 0 aliphatic carbocycles. The number of amides is 3. The number of fused-ring (bicyclic) bond motifs is 1. The average Bonchev–Trinajstić information content (AvgIpc) is 3.11. The predicted molar refractivity (Wildman–Crippen MR) is 113 cm³/mol. The number of para-hydroxylation sites is 2. The molecule has 0 saturated heterocycles. The Morgan fingerprint density at radius 2 is 1.36 bits per heavy atom. The van der Waals surface area contributed by atoms with Crippen LogP contribution in [-0.4, -0.2) is 16.9 Å². The Morgan fingerprint density at radius 1 is 0.714 bits per heavy atom. The number of rotatable bonds is 4. The Bertz CT molecular complexity index is 1090. The van der Waals surface area contributed by atoms with E-state index in [4.69, 9.17) is 0 Å². The molecule has 138 valence electrons. The van der Waals surface area contributed by atoms with Crippen LogP contribution < -0.4 is 16.0 Å². The lowest BCUT2D eigenvalue weighted by Crippen LogP contribution is -2.19. The van der Waals surface area contributed by atoms with Crippen molar-refractivity contribution in [2.75, 3.05) is 16.0 Å². The van der Waals surface area contributed by atoms with Gasteiger partial charge in [-0.1, -0.05) is 41.7 Å². The number of anilines is 3. The van der Waals surface area contributed by atoms with Crippen molar-refractivity contribution in [3.05, 3.63) is 84.4 Å². The average molecular weight is 388 g/mol. The van der Waals surface area contributed by atoms with Crippen molar-refractivity contribution >= 4 is 50.0 Å². The maximum absolute atomic E-state index is 12.4. The second-order valence-electron chi connectivity index (χ2n) is 5.96. The fraction of sp³-hybridized carbons (Fsp3) is 0. The van der Waals surface area contributed by atoms with Crippen LogP contribution in [0, 0.1) is 0 Å². The van der Waals surface area contributed by atoms with Crippen LogP contribution >= 0.6 is 11.3 Å². The van der Waals surface area contributed by atoms with Crippen LogP contribution in [0.5, 0.6) is 0 Å². The highest BCUT2D eigenvalue weighted by molar-refractivity contribution is 7.22. The molecule has 4 aromatic rings. The van der Waals surface area contributed by atoms with E-state index in [0.29, 0.717) is 22.1 Å². The van der Waals surface area contributed by atoms with Crippen molar-refractivity contribution in [2.45, 2.75) is 0 Å². The zero-order valence-corrected chi connectivity index (χ0v) is 15.5. The van der Waals surface area contributed by atoms with Gasteiger partial charge in [0, 0.05) is 16.9 Å². The number of hydrogen-bond donors (Lipinski definition) is 3. The van der Waals surface area contributed by atoms with Gasteiger partial charge in [0.05, 0.1) is 10.2 Å². The van der Waals surface area contributed by atoms with E-state index in [1.54, 1.807) is 36.4 Å². The summed E-state index contributed by atoms with van der Waals surface area (Å²) in [4.78, 5) is 28.8. The number of benzene rings is 3. The summed E-state index contributed by atoms with van der Waals surface area (Å²) < 4.78 is 1.02. The van der Waals surface area contributed by atoms with Gasteiger partial charge in [-0.05, 0) is 48.5 Å². The molecule has 3 N–H and O–H groups in total. The van der Waals surface area contributed by atoms with E-state index in [-0.39, 0.29) is 11.9 Å². The zero-order chi connectivity index (χ0) is 19.3. The second kappa shape index (κ2) is 7.89. The number of thiazole rings is 1. The Kier molecular flexibility index (Phi) is 4.99. The number of carbonyl (C=O) groups excluding carboxylic acids is 2. The van der Waals surface area contributed by atoms with Gasteiger partial charge in [-0.3, -0.25) is 10.1 Å². The van der Waals surface area contributed by atoms with Crippen LogP contribution in [-0.2, 0) is 0 Å². The Balaban J connectivity index is 1.38. The fourth-order valence-corrected chi connectivity index (χ4v) is 3.48. The molecule has 0 bridgehead atoms. The quantitative estimate of drug-likeness (QED) is 0.450. The summed E-state index contributed by atoms with van der Waals surface area (Å²) in [5, 5.41) is 8.83. The minimum Gasteiger partial charge on any atom is -0.308 e. The monoisotopic (exact) mass is 388 g/mol. The van der Waals surface area contributed by atoms with Crippen molar-refractivity contribution in [2.24, 2.45) is 0 Å². The number of urea groups is 1. The Hall–Kier alpha value is -3.71. The molecule has 1 aromatic heterocycles. The molecule has 0 spiro atoms. The van der Waals surface area contributed by atoms with Gasteiger partial charge in [-0.2, -0.15) is 0 Å². The van der Waals surface area contributed by atoms with Gasteiger partial charge in [-0.25, -0.2) is 9.78 Å². The summed E-state index contributed by atoms with van der Waals surface area (Å²) >= 11 is 1.42. The molecule has 7 heteroatoms. The van der Waals surface area contributed by atoms with Gasteiger partial charge in [-0.15, -0.1) is 0 Å². The zero-order valence-electron chi connectivity index (χ0n) is 14.7. The largest absolute Gasteiger partial charge is 0.323 e. The van der Waals surface area contributed by atoms with E-state index in [1.807, 2.05) is 42.5 Å². The molecule has 0 fully saturated rings. The van der Waals surface area contributed by atoms with Gasteiger partial charge in [0.1, 0.15) is 0 Å². The fourth-order valence-electron chi connectivity index (χ4n) is 2.61. The molecule has 3 aromatic carbocycles. The SMILES string of the molecule is O=C(Nc1ccccc1)Nc1ccc(C(=O)Nc2nc3ccccc3s2)cc1. The number of nitrogens with one attached hydrogen (secondary N) is 3. The Morgan fingerprint density at radius 3 is 2.07 bits per heavy atom. The van der Waals surface area contributed by atoms with E-state index in [0.717, 1.165) is 10.2 Å². The van der Waals surface area contributed by atoms with Crippen LogP contribution in [0.3, 0.4) is 0 Å². The molecular formula is C21H16N4O2S. The standard InChI is InChI=1S/C21H16N4O2S/c26-19(25-21-24-17-8-4-5-9-18(17)28-21)14-10-12-16(13-11-14)23-20(27)22-15-6-2-1-3-7-15/h1-13H,(H2,22,23,27)(H,24,25,26). The molecule has 0 aliphatic rings. The summed E-state index contributed by atoms with van der Waals surface area (Å²) in [6.07, 6.45) is 0. The van der Waals surface area contributed by atoms with Crippen molar-refractivity contribution in [1.29, 1.82) is 0 Å². The summed E-state index contributed by atoms with van der Waals surface area (Å²) in [6.45, 7) is 0. The van der Waals surface area contributed by atoms with E-state index in [1.165, 1.54) is 11.3 Å². The van der Waals surface area contributed by atoms with Crippen LogP contribution in [0.2, 0.25) is 0 Å². The van der Waals surface area contributed by atoms with Gasteiger partial charge in [0.25, 0.3) is 5.91 Å². The third-order valence-electron chi connectivity index (χ3n) is 3.95. The Labute approximate surface area is 165 Å². The minimum atomic E-state index is -0.349. The second-order valence-corrected chi connectivity index (χ2v) is 6.99. The number of nitrogens with zero attached hydrogens (tertiary/aromatic N) is 1. The number of aromatic nitrogens is 1. The molecule has 6 nitrogen and oxygen atoms in total. The molecule has 1 heterocycles. The molecule has 0 saturated carbocycles. The van der Waals surface area contributed by atoms with Gasteiger partial charge >= 0.3 is 6.03 Å². The highest BCUT2D eigenvalue weighted by Gasteiger charge is 2.10. The first-order valence-electron chi connectivity index (χ1n) is 8.57. The van der Waals surface area contributed by atoms with Gasteiger partial charge in [0.2, 0.25) is 0 Å². The van der Waals surface area contributed by atoms with Gasteiger partial charge < -0.3 is 10.6 Å². The third-order valence-corrected chi connectivity index (χ3v) is 4.90. The predicted octanol–water partition coefficient (Wildman–Crippen LogP) is 5.19. The molecule has 0 atom stereocenters. The van der Waals surface area contributed by atoms with Crippen LogP contribution in [0.25, 0.3) is 10.2 Å². The van der Waals surface area contributed by atoms with E-state index < -0.39 is 0 Å². The topological polar surface area (TPSA) is 83.1 Å². The van der Waals surface area contributed by atoms with E-state index in [2.05, 4.69) is 20.9 Å². The molecule has 4 rings (SSSR count). The molecule has 0 aliphatic heterocycles. The van der Waals surface area contributed by atoms with Crippen molar-refractivity contribution in [1.82, 2.24) is 4.98 Å². The number of hydrogen-bond acceptors (Lipinski definition) is 4. The normalized spacial score (nSPS) is 10.4. The lowest BCUT2D eigenvalue weighted by Gasteiger charge is -2.08. The summed E-state index contributed by atoms with van der Waals surface area (Å²) in [5.41, 5.74) is 2.62. The van der Waals surface area contributed by atoms with Crippen molar-refractivity contribution < 1.29 is 9.59 Å². The van der Waals surface area contributed by atoms with E-state index >= 15 is 0 Å². The third kappa shape index (κ3) is 4.16. The lowest BCUT2D eigenvalue weighted by atomic mass is 10.2. The van der Waals surface area contributed by atoms with Gasteiger partial charge in [0.15, 0.2) is 5.13 Å². The highest BCUT2D eigenvalue weighted by atomic mass is 32.1. The maximum atomic E-state index is 12.4. The van der Waals surface area contributed by atoms with Crippen LogP contribution in [0.15, 0.2) is 78.9 Å². The molecule has 3 amide bonds. The maximum Gasteiger partial charge on any atom is 0.323 e. The van der Waals surface area contributed by atoms with Crippen molar-refractivity contribution in [3.8, 4) is 0 Å². The van der Waals surface area contributed by atoms with Crippen LogP contribution in [0.4, 0.5) is 21.3 Å². The molecule has 0 unspecified atom stereocenters. The van der Waals surface area contributed by atoms with Crippen LogP contribution in [0.1, 0.15) is 10.4 Å². The van der Waals surface area contributed by atoms with E-state index in [9.17, 15) is 9.59 Å². The molecule has 28 heavy (non-hydrogen) atoms. The minimum absolute atomic E-state index is 0.251. The smallest absolute Gasteiger partial charge is 0.308 e. The molecule has 0 radical (unpaired) electrons. The first-order valence-corrected chi connectivity index (χ1v) is 9.39. The first kappa shape index (κ1) is 17.7. The summed E-state index contributed by atoms with van der Waals surface area (Å²) in [7, 11) is 0. The van der Waals surface area contributed by atoms with Crippen molar-refractivity contribution in [3.63, 3.8) is 0 Å². The molecular weight excluding hydrogens is 372 g/mol. The summed E-state index contributed by atoms with van der Waals surface area (Å²) in [6, 6.07) is 23.2.